The zero-order valence-electron chi connectivity index (χ0n) is 8.65. The Bertz CT molecular complexity index is 328. The number of nitrogens with zero attached hydrogens (tertiary/aromatic N) is 4. The van der Waals surface area contributed by atoms with Gasteiger partial charge in [0.15, 0.2) is 0 Å². The predicted molar refractivity (Wildman–Crippen MR) is 59.9 cm³/mol. The van der Waals surface area contributed by atoms with Crippen LogP contribution in [0, 0.1) is 5.92 Å². The van der Waals surface area contributed by atoms with Crippen LogP contribution in [-0.4, -0.2) is 28.0 Å². The van der Waals surface area contributed by atoms with E-state index in [9.17, 15) is 0 Å². The Balaban J connectivity index is 2.15. The van der Waals surface area contributed by atoms with Gasteiger partial charge in [0.1, 0.15) is 0 Å². The predicted octanol–water partition coefficient (Wildman–Crippen LogP) is 1.34. The van der Waals surface area contributed by atoms with Crippen LogP contribution in [0.4, 0.5) is 11.9 Å². The summed E-state index contributed by atoms with van der Waals surface area (Å²) in [5.41, 5.74) is 5.52. The van der Waals surface area contributed by atoms with Gasteiger partial charge in [0.05, 0.1) is 0 Å². The summed E-state index contributed by atoms with van der Waals surface area (Å²) in [6, 6.07) is 0. The highest BCUT2D eigenvalue weighted by Crippen LogP contribution is 2.20. The summed E-state index contributed by atoms with van der Waals surface area (Å²) < 4.78 is 0. The van der Waals surface area contributed by atoms with E-state index in [1.807, 2.05) is 0 Å². The second kappa shape index (κ2) is 4.18. The molecule has 0 unspecified atom stereocenters. The molecule has 0 aromatic carbocycles. The molecule has 1 aliphatic rings. The highest BCUT2D eigenvalue weighted by molar-refractivity contribution is 6.28. The lowest BCUT2D eigenvalue weighted by atomic mass is 10.00. The molecule has 0 radical (unpaired) electrons. The van der Waals surface area contributed by atoms with Crippen LogP contribution in [-0.2, 0) is 0 Å². The van der Waals surface area contributed by atoms with Crippen molar-refractivity contribution >= 4 is 23.5 Å². The molecule has 1 aromatic rings. The van der Waals surface area contributed by atoms with Gasteiger partial charge >= 0.3 is 0 Å². The molecule has 5 nitrogen and oxygen atoms in total. The molecule has 15 heavy (non-hydrogen) atoms. The maximum Gasteiger partial charge on any atom is 0.231 e. The van der Waals surface area contributed by atoms with Gasteiger partial charge in [-0.3, -0.25) is 0 Å². The molecule has 0 spiro atoms. The van der Waals surface area contributed by atoms with Gasteiger partial charge in [-0.2, -0.15) is 15.0 Å². The molecule has 1 saturated heterocycles. The summed E-state index contributed by atoms with van der Waals surface area (Å²) >= 11 is 5.73. The van der Waals surface area contributed by atoms with E-state index >= 15 is 0 Å². The Morgan fingerprint density at radius 2 is 1.93 bits per heavy atom. The van der Waals surface area contributed by atoms with Crippen LogP contribution in [0.25, 0.3) is 0 Å². The number of aromatic nitrogens is 3. The molecule has 2 rings (SSSR count). The smallest absolute Gasteiger partial charge is 0.231 e. The SMILES string of the molecule is CC1CCN(c2nc(N)nc(Cl)n2)CC1. The maximum atomic E-state index is 5.73. The number of halogens is 1. The first-order valence-electron chi connectivity index (χ1n) is 5.07. The quantitative estimate of drug-likeness (QED) is 0.784. The van der Waals surface area contributed by atoms with Crippen molar-refractivity contribution in [2.75, 3.05) is 23.7 Å². The summed E-state index contributed by atoms with van der Waals surface area (Å²) in [7, 11) is 0. The first kappa shape index (κ1) is 10.4. The van der Waals surface area contributed by atoms with Gasteiger partial charge in [-0.15, -0.1) is 0 Å². The van der Waals surface area contributed by atoms with Crippen LogP contribution in [0.5, 0.6) is 0 Å². The van der Waals surface area contributed by atoms with Gasteiger partial charge < -0.3 is 10.6 Å². The number of nitrogen functional groups attached to an aromatic ring is 1. The lowest BCUT2D eigenvalue weighted by Crippen LogP contribution is -2.34. The summed E-state index contributed by atoms with van der Waals surface area (Å²) in [5, 5.41) is 0.163. The molecule has 0 aliphatic carbocycles. The zero-order chi connectivity index (χ0) is 10.8. The highest BCUT2D eigenvalue weighted by Gasteiger charge is 2.18. The minimum absolute atomic E-state index is 0.163. The number of anilines is 2. The van der Waals surface area contributed by atoms with Crippen LogP contribution in [0.3, 0.4) is 0 Å². The average Bonchev–Trinajstić information content (AvgIpc) is 2.17. The highest BCUT2D eigenvalue weighted by atomic mass is 35.5. The van der Waals surface area contributed by atoms with E-state index in [4.69, 9.17) is 17.3 Å². The van der Waals surface area contributed by atoms with Gasteiger partial charge in [-0.05, 0) is 30.4 Å². The number of nitrogens with two attached hydrogens (primary N) is 1. The minimum atomic E-state index is 0.163. The maximum absolute atomic E-state index is 5.73. The van der Waals surface area contributed by atoms with Crippen molar-refractivity contribution in [1.82, 2.24) is 15.0 Å². The molecule has 0 atom stereocenters. The Labute approximate surface area is 93.7 Å². The van der Waals surface area contributed by atoms with E-state index < -0.39 is 0 Å². The number of piperidine rings is 1. The molecule has 1 fully saturated rings. The monoisotopic (exact) mass is 227 g/mol. The molecule has 1 aliphatic heterocycles. The number of hydrogen-bond acceptors (Lipinski definition) is 5. The third-order valence-corrected chi connectivity index (χ3v) is 2.85. The van der Waals surface area contributed by atoms with Gasteiger partial charge in [-0.25, -0.2) is 0 Å². The van der Waals surface area contributed by atoms with Crippen LogP contribution >= 0.6 is 11.6 Å². The third-order valence-electron chi connectivity index (χ3n) is 2.68. The number of rotatable bonds is 1. The molecule has 0 bridgehead atoms. The van der Waals surface area contributed by atoms with E-state index in [2.05, 4.69) is 26.8 Å². The van der Waals surface area contributed by atoms with E-state index in [1.165, 1.54) is 0 Å². The summed E-state index contributed by atoms with van der Waals surface area (Å²) in [6.07, 6.45) is 2.31. The molecule has 2 N–H and O–H groups in total. The van der Waals surface area contributed by atoms with E-state index in [0.717, 1.165) is 31.8 Å². The van der Waals surface area contributed by atoms with Crippen LogP contribution < -0.4 is 10.6 Å². The normalized spacial score (nSPS) is 18.1. The number of hydrogen-bond donors (Lipinski definition) is 1. The van der Waals surface area contributed by atoms with Gasteiger partial charge in [-0.1, -0.05) is 6.92 Å². The summed E-state index contributed by atoms with van der Waals surface area (Å²) in [5.74, 6) is 1.55. The standard InChI is InChI=1S/C9H14ClN5/c1-6-2-4-15(5-3-6)9-13-7(10)12-8(11)14-9/h6H,2-5H2,1H3,(H2,11,12,13,14). The van der Waals surface area contributed by atoms with Gasteiger partial charge in [0.25, 0.3) is 0 Å². The summed E-state index contributed by atoms with van der Waals surface area (Å²) in [6.45, 7) is 4.17. The van der Waals surface area contributed by atoms with E-state index in [-0.39, 0.29) is 11.2 Å². The fourth-order valence-electron chi connectivity index (χ4n) is 1.70. The molecular formula is C9H14ClN5. The van der Waals surface area contributed by atoms with Crippen molar-refractivity contribution in [2.45, 2.75) is 19.8 Å². The molecule has 0 saturated carbocycles. The lowest BCUT2D eigenvalue weighted by Gasteiger charge is -2.30. The second-order valence-corrected chi connectivity index (χ2v) is 4.27. The molecular weight excluding hydrogens is 214 g/mol. The van der Waals surface area contributed by atoms with Crippen LogP contribution in [0.2, 0.25) is 5.28 Å². The van der Waals surface area contributed by atoms with Gasteiger partial charge in [0, 0.05) is 13.1 Å². The van der Waals surface area contributed by atoms with E-state index in [1.54, 1.807) is 0 Å². The molecule has 6 heteroatoms. The zero-order valence-corrected chi connectivity index (χ0v) is 9.41. The second-order valence-electron chi connectivity index (χ2n) is 3.93. The van der Waals surface area contributed by atoms with Gasteiger partial charge in [0.2, 0.25) is 17.2 Å². The van der Waals surface area contributed by atoms with Crippen LogP contribution in [0.1, 0.15) is 19.8 Å². The van der Waals surface area contributed by atoms with Crippen molar-refractivity contribution in [2.24, 2.45) is 5.92 Å². The fourth-order valence-corrected chi connectivity index (χ4v) is 1.87. The largest absolute Gasteiger partial charge is 0.368 e. The molecule has 1 aromatic heterocycles. The van der Waals surface area contributed by atoms with E-state index in [0.29, 0.717) is 5.95 Å². The Morgan fingerprint density at radius 1 is 1.27 bits per heavy atom. The fraction of sp³-hybridized carbons (Fsp3) is 0.667. The van der Waals surface area contributed by atoms with Crippen molar-refractivity contribution < 1.29 is 0 Å². The Kier molecular flexibility index (Phi) is 2.90. The van der Waals surface area contributed by atoms with Crippen LogP contribution in [0.15, 0.2) is 0 Å². The van der Waals surface area contributed by atoms with Crippen molar-refractivity contribution in [3.05, 3.63) is 5.28 Å². The lowest BCUT2D eigenvalue weighted by molar-refractivity contribution is 0.434. The topological polar surface area (TPSA) is 67.9 Å². The molecule has 0 amide bonds. The van der Waals surface area contributed by atoms with Crippen molar-refractivity contribution in [1.29, 1.82) is 0 Å². The molecule has 2 heterocycles. The first-order chi connectivity index (χ1) is 7.15. The Morgan fingerprint density at radius 3 is 2.53 bits per heavy atom. The average molecular weight is 228 g/mol. The molecule has 82 valence electrons. The summed E-state index contributed by atoms with van der Waals surface area (Å²) in [4.78, 5) is 14.0. The van der Waals surface area contributed by atoms with Crippen molar-refractivity contribution in [3.63, 3.8) is 0 Å². The van der Waals surface area contributed by atoms with Crippen molar-refractivity contribution in [3.8, 4) is 0 Å². The first-order valence-corrected chi connectivity index (χ1v) is 5.45. The third kappa shape index (κ3) is 2.47. The Hall–Kier alpha value is -1.10. The minimum Gasteiger partial charge on any atom is -0.368 e.